The van der Waals surface area contributed by atoms with Gasteiger partial charge in [-0.15, -0.1) is 0 Å². The summed E-state index contributed by atoms with van der Waals surface area (Å²) in [5.41, 5.74) is 3.48. The molecule has 0 saturated carbocycles. The Morgan fingerprint density at radius 3 is 2.77 bits per heavy atom. The van der Waals surface area contributed by atoms with Crippen LogP contribution >= 0.6 is 11.6 Å². The zero-order valence-corrected chi connectivity index (χ0v) is 16.8. The second-order valence-electron chi connectivity index (χ2n) is 6.78. The van der Waals surface area contributed by atoms with E-state index >= 15 is 0 Å². The minimum absolute atomic E-state index is 0.180. The molecule has 0 aliphatic heterocycles. The Bertz CT molecular complexity index is 1210. The van der Waals surface area contributed by atoms with E-state index in [1.165, 1.54) is 6.92 Å². The van der Waals surface area contributed by atoms with Crippen LogP contribution < -0.4 is 10.6 Å². The predicted molar refractivity (Wildman–Crippen MR) is 114 cm³/mol. The number of amides is 1. The minimum Gasteiger partial charge on any atom is -0.366 e. The van der Waals surface area contributed by atoms with Crippen LogP contribution in [0.15, 0.2) is 48.9 Å². The van der Waals surface area contributed by atoms with Gasteiger partial charge in [-0.25, -0.2) is 15.0 Å². The lowest BCUT2D eigenvalue weighted by molar-refractivity contribution is -0.114. The van der Waals surface area contributed by atoms with E-state index < -0.39 is 5.95 Å². The summed E-state index contributed by atoms with van der Waals surface area (Å²) in [6.07, 6.45) is 5.35. The number of carbonyl (C=O) groups excluding carboxylic acids is 1. The van der Waals surface area contributed by atoms with Crippen LogP contribution in [-0.2, 0) is 17.8 Å². The second-order valence-corrected chi connectivity index (χ2v) is 7.17. The molecule has 4 aromatic heterocycles. The number of nitrogens with zero attached hydrogens (tertiary/aromatic N) is 3. The summed E-state index contributed by atoms with van der Waals surface area (Å²) in [6.45, 7) is 1.89. The number of halogens is 2. The molecule has 0 radical (unpaired) electrons. The third-order valence-electron chi connectivity index (χ3n) is 4.51. The van der Waals surface area contributed by atoms with Crippen LogP contribution in [0.2, 0.25) is 5.15 Å². The SMILES string of the molecule is CC(=O)Nc1cnc2[nH]cc(Cc3ccc(NCc4ccc(Cl)nc4)nc3F)c2c1. The molecule has 0 aliphatic rings. The van der Waals surface area contributed by atoms with Crippen LogP contribution in [0.25, 0.3) is 11.0 Å². The van der Waals surface area contributed by atoms with Crippen LogP contribution in [0.1, 0.15) is 23.6 Å². The van der Waals surface area contributed by atoms with Gasteiger partial charge in [0.15, 0.2) is 0 Å². The Morgan fingerprint density at radius 1 is 1.17 bits per heavy atom. The largest absolute Gasteiger partial charge is 0.366 e. The van der Waals surface area contributed by atoms with E-state index in [1.807, 2.05) is 12.1 Å². The van der Waals surface area contributed by atoms with E-state index in [4.69, 9.17) is 11.6 Å². The molecule has 7 nitrogen and oxygen atoms in total. The third kappa shape index (κ3) is 4.55. The summed E-state index contributed by atoms with van der Waals surface area (Å²) in [7, 11) is 0. The van der Waals surface area contributed by atoms with Gasteiger partial charge in [0.2, 0.25) is 11.9 Å². The second kappa shape index (κ2) is 8.46. The number of carbonyl (C=O) groups is 1. The number of fused-ring (bicyclic) bond motifs is 1. The van der Waals surface area contributed by atoms with Crippen LogP contribution in [0, 0.1) is 5.95 Å². The van der Waals surface area contributed by atoms with Crippen molar-refractivity contribution in [1.82, 2.24) is 19.9 Å². The lowest BCUT2D eigenvalue weighted by Crippen LogP contribution is -2.06. The number of nitrogens with one attached hydrogen (secondary N) is 3. The zero-order valence-electron chi connectivity index (χ0n) is 16.0. The summed E-state index contributed by atoms with van der Waals surface area (Å²) in [5, 5.41) is 7.02. The quantitative estimate of drug-likeness (QED) is 0.401. The minimum atomic E-state index is -0.547. The normalized spacial score (nSPS) is 10.9. The van der Waals surface area contributed by atoms with Crippen molar-refractivity contribution in [3.63, 3.8) is 0 Å². The van der Waals surface area contributed by atoms with E-state index in [0.717, 1.165) is 16.5 Å². The highest BCUT2D eigenvalue weighted by Crippen LogP contribution is 2.24. The zero-order chi connectivity index (χ0) is 21.1. The molecule has 4 rings (SSSR count). The summed E-state index contributed by atoms with van der Waals surface area (Å²) < 4.78 is 14.6. The van der Waals surface area contributed by atoms with E-state index in [0.29, 0.717) is 40.8 Å². The Balaban J connectivity index is 1.49. The Labute approximate surface area is 176 Å². The highest BCUT2D eigenvalue weighted by molar-refractivity contribution is 6.29. The van der Waals surface area contributed by atoms with E-state index in [-0.39, 0.29) is 5.91 Å². The number of aromatic amines is 1. The first kappa shape index (κ1) is 19.8. The Morgan fingerprint density at radius 2 is 2.03 bits per heavy atom. The molecule has 0 spiro atoms. The fourth-order valence-electron chi connectivity index (χ4n) is 3.08. The molecule has 3 N–H and O–H groups in total. The molecule has 0 aromatic carbocycles. The maximum absolute atomic E-state index is 14.6. The molecule has 0 saturated heterocycles. The number of H-pyrrole nitrogens is 1. The van der Waals surface area contributed by atoms with Crippen molar-refractivity contribution in [2.45, 2.75) is 19.9 Å². The topological polar surface area (TPSA) is 95.6 Å². The van der Waals surface area contributed by atoms with Gasteiger partial charge in [0.05, 0.1) is 11.9 Å². The van der Waals surface area contributed by atoms with Crippen molar-refractivity contribution in [3.8, 4) is 0 Å². The van der Waals surface area contributed by atoms with Crippen LogP contribution in [0.4, 0.5) is 15.9 Å². The molecule has 0 unspecified atom stereocenters. The number of aromatic nitrogens is 4. The van der Waals surface area contributed by atoms with Gasteiger partial charge >= 0.3 is 0 Å². The molecular formula is C21H18ClFN6O. The van der Waals surface area contributed by atoms with Gasteiger partial charge in [0, 0.05) is 43.2 Å². The maximum Gasteiger partial charge on any atom is 0.221 e. The van der Waals surface area contributed by atoms with Crippen molar-refractivity contribution >= 4 is 40.0 Å². The fourth-order valence-corrected chi connectivity index (χ4v) is 3.19. The Hall–Kier alpha value is -3.52. The molecule has 0 atom stereocenters. The van der Waals surface area contributed by atoms with Gasteiger partial charge in [-0.3, -0.25) is 4.79 Å². The first-order chi connectivity index (χ1) is 14.5. The van der Waals surface area contributed by atoms with E-state index in [2.05, 4.69) is 30.6 Å². The van der Waals surface area contributed by atoms with Gasteiger partial charge in [0.25, 0.3) is 0 Å². The van der Waals surface area contributed by atoms with Crippen LogP contribution in [-0.4, -0.2) is 25.8 Å². The van der Waals surface area contributed by atoms with E-state index in [9.17, 15) is 9.18 Å². The van der Waals surface area contributed by atoms with Gasteiger partial charge in [-0.05, 0) is 29.3 Å². The molecule has 0 aliphatic carbocycles. The predicted octanol–water partition coefficient (Wildman–Crippen LogP) is 4.31. The molecule has 30 heavy (non-hydrogen) atoms. The van der Waals surface area contributed by atoms with Gasteiger partial charge < -0.3 is 15.6 Å². The highest BCUT2D eigenvalue weighted by Gasteiger charge is 2.12. The molecule has 4 aromatic rings. The standard InChI is InChI=1S/C21H18ClFN6O/c1-12(30)28-16-7-17-15(10-26-21(17)27-11-16)6-14-3-5-19(29-20(14)23)25-9-13-2-4-18(22)24-8-13/h2-5,7-8,10-11H,6,9H2,1H3,(H,25,29)(H,26,27)(H,28,30). The highest BCUT2D eigenvalue weighted by atomic mass is 35.5. The first-order valence-corrected chi connectivity index (χ1v) is 9.59. The number of hydrogen-bond donors (Lipinski definition) is 3. The van der Waals surface area contributed by atoms with Crippen molar-refractivity contribution in [1.29, 1.82) is 0 Å². The third-order valence-corrected chi connectivity index (χ3v) is 4.73. The molecule has 0 fully saturated rings. The summed E-state index contributed by atoms with van der Waals surface area (Å²) >= 11 is 5.77. The lowest BCUT2D eigenvalue weighted by Gasteiger charge is -2.08. The Kier molecular flexibility index (Phi) is 5.58. The van der Waals surface area contributed by atoms with Crippen molar-refractivity contribution in [3.05, 3.63) is 76.7 Å². The lowest BCUT2D eigenvalue weighted by atomic mass is 10.1. The van der Waals surface area contributed by atoms with E-state index in [1.54, 1.807) is 36.8 Å². The monoisotopic (exact) mass is 424 g/mol. The number of hydrogen-bond acceptors (Lipinski definition) is 5. The average Bonchev–Trinajstić information content (AvgIpc) is 3.11. The fraction of sp³-hybridized carbons (Fsp3) is 0.143. The summed E-state index contributed by atoms with van der Waals surface area (Å²) in [6, 6.07) is 8.79. The molecule has 0 bridgehead atoms. The van der Waals surface area contributed by atoms with Gasteiger partial charge in [-0.2, -0.15) is 4.39 Å². The van der Waals surface area contributed by atoms with Crippen molar-refractivity contribution in [2.75, 3.05) is 10.6 Å². The number of anilines is 2. The van der Waals surface area contributed by atoms with Crippen LogP contribution in [0.3, 0.4) is 0 Å². The molecule has 9 heteroatoms. The summed E-state index contributed by atoms with van der Waals surface area (Å²) in [5.74, 6) is -0.296. The van der Waals surface area contributed by atoms with Gasteiger partial charge in [0.1, 0.15) is 16.6 Å². The summed E-state index contributed by atoms with van der Waals surface area (Å²) in [4.78, 5) is 26.7. The van der Waals surface area contributed by atoms with Crippen molar-refractivity contribution in [2.24, 2.45) is 0 Å². The maximum atomic E-state index is 14.6. The van der Waals surface area contributed by atoms with Crippen LogP contribution in [0.5, 0.6) is 0 Å². The van der Waals surface area contributed by atoms with Gasteiger partial charge in [-0.1, -0.05) is 23.7 Å². The average molecular weight is 425 g/mol. The molecule has 1 amide bonds. The first-order valence-electron chi connectivity index (χ1n) is 9.21. The molecule has 4 heterocycles. The van der Waals surface area contributed by atoms with Crippen molar-refractivity contribution < 1.29 is 9.18 Å². The molecular weight excluding hydrogens is 407 g/mol. The molecule has 152 valence electrons. The smallest absolute Gasteiger partial charge is 0.221 e. The number of pyridine rings is 3. The number of rotatable bonds is 6.